The standard InChI is InChI=1S/C27H28N4O2S/c1-19-6-8-21(9-7-19)26(33)31-16-14-30(15-17-31)24-12-10-23(11-13-24)28-27(34)29-25(32)22-5-3-4-20(2)18-22/h3-13,18H,14-17H2,1-2H3,(H2,28,29,32,34). The van der Waals surface area contributed by atoms with Crippen LogP contribution in [0.2, 0.25) is 0 Å². The lowest BCUT2D eigenvalue weighted by Crippen LogP contribution is -2.48. The Morgan fingerprint density at radius 3 is 2.12 bits per heavy atom. The summed E-state index contributed by atoms with van der Waals surface area (Å²) in [5.74, 6) is -0.156. The van der Waals surface area contributed by atoms with Gasteiger partial charge >= 0.3 is 0 Å². The monoisotopic (exact) mass is 472 g/mol. The van der Waals surface area contributed by atoms with E-state index >= 15 is 0 Å². The van der Waals surface area contributed by atoms with Gasteiger partial charge in [-0.05, 0) is 74.6 Å². The van der Waals surface area contributed by atoms with Gasteiger partial charge in [0.1, 0.15) is 0 Å². The molecule has 0 spiro atoms. The van der Waals surface area contributed by atoms with Crippen molar-refractivity contribution < 1.29 is 9.59 Å². The normalized spacial score (nSPS) is 13.4. The summed E-state index contributed by atoms with van der Waals surface area (Å²) < 4.78 is 0. The average Bonchev–Trinajstić information content (AvgIpc) is 2.84. The number of hydrogen-bond acceptors (Lipinski definition) is 4. The number of piperazine rings is 1. The van der Waals surface area contributed by atoms with Crippen LogP contribution in [-0.2, 0) is 0 Å². The maximum Gasteiger partial charge on any atom is 0.257 e. The molecule has 1 saturated heterocycles. The van der Waals surface area contributed by atoms with Crippen molar-refractivity contribution in [3.05, 3.63) is 95.1 Å². The molecule has 2 N–H and O–H groups in total. The minimum absolute atomic E-state index is 0.0837. The maximum atomic E-state index is 12.7. The molecule has 2 amide bonds. The van der Waals surface area contributed by atoms with Crippen molar-refractivity contribution in [2.24, 2.45) is 0 Å². The van der Waals surface area contributed by atoms with Crippen LogP contribution in [0, 0.1) is 13.8 Å². The zero-order chi connectivity index (χ0) is 24.1. The molecule has 0 radical (unpaired) electrons. The molecule has 1 heterocycles. The quantitative estimate of drug-likeness (QED) is 0.552. The van der Waals surface area contributed by atoms with Crippen LogP contribution in [0.15, 0.2) is 72.8 Å². The van der Waals surface area contributed by atoms with Crippen LogP contribution in [0.25, 0.3) is 0 Å². The Morgan fingerprint density at radius 1 is 0.794 bits per heavy atom. The second-order valence-electron chi connectivity index (χ2n) is 8.47. The highest BCUT2D eigenvalue weighted by molar-refractivity contribution is 7.80. The van der Waals surface area contributed by atoms with Gasteiger partial charge in [-0.15, -0.1) is 0 Å². The van der Waals surface area contributed by atoms with E-state index in [4.69, 9.17) is 12.2 Å². The van der Waals surface area contributed by atoms with Crippen LogP contribution in [-0.4, -0.2) is 48.0 Å². The van der Waals surface area contributed by atoms with E-state index in [9.17, 15) is 9.59 Å². The zero-order valence-corrected chi connectivity index (χ0v) is 20.2. The second-order valence-corrected chi connectivity index (χ2v) is 8.88. The molecule has 3 aromatic carbocycles. The van der Waals surface area contributed by atoms with Crippen LogP contribution in [0.1, 0.15) is 31.8 Å². The second kappa shape index (κ2) is 10.5. The minimum atomic E-state index is -0.240. The van der Waals surface area contributed by atoms with Crippen molar-refractivity contribution in [3.63, 3.8) is 0 Å². The van der Waals surface area contributed by atoms with Gasteiger partial charge in [-0.2, -0.15) is 0 Å². The van der Waals surface area contributed by atoms with E-state index in [1.54, 1.807) is 6.07 Å². The summed E-state index contributed by atoms with van der Waals surface area (Å²) in [5, 5.41) is 6.03. The summed E-state index contributed by atoms with van der Waals surface area (Å²) in [5.41, 5.74) is 5.35. The first-order valence-corrected chi connectivity index (χ1v) is 11.7. The van der Waals surface area contributed by atoms with Gasteiger partial charge in [0, 0.05) is 48.7 Å². The Labute approximate surface area is 205 Å². The van der Waals surface area contributed by atoms with Gasteiger partial charge in [0.05, 0.1) is 0 Å². The molecule has 0 unspecified atom stereocenters. The maximum absolute atomic E-state index is 12.7. The first-order valence-electron chi connectivity index (χ1n) is 11.3. The number of amides is 2. The Balaban J connectivity index is 1.28. The molecule has 174 valence electrons. The van der Waals surface area contributed by atoms with E-state index < -0.39 is 0 Å². The summed E-state index contributed by atoms with van der Waals surface area (Å²) in [6.45, 7) is 6.87. The van der Waals surface area contributed by atoms with Crippen LogP contribution in [0.4, 0.5) is 11.4 Å². The SMILES string of the molecule is Cc1ccc(C(=O)N2CCN(c3ccc(NC(=S)NC(=O)c4cccc(C)c4)cc3)CC2)cc1. The summed E-state index contributed by atoms with van der Waals surface area (Å²) in [4.78, 5) is 29.3. The fourth-order valence-corrected chi connectivity index (χ4v) is 4.14. The van der Waals surface area contributed by atoms with Gasteiger partial charge in [-0.25, -0.2) is 0 Å². The number of nitrogens with one attached hydrogen (secondary N) is 2. The molecule has 3 aromatic rings. The van der Waals surface area contributed by atoms with Gasteiger partial charge in [-0.1, -0.05) is 35.4 Å². The number of nitrogens with zero attached hydrogens (tertiary/aromatic N) is 2. The van der Waals surface area contributed by atoms with Crippen molar-refractivity contribution in [3.8, 4) is 0 Å². The van der Waals surface area contributed by atoms with Gasteiger partial charge in [0.2, 0.25) is 0 Å². The Kier molecular flexibility index (Phi) is 7.23. The average molecular weight is 473 g/mol. The lowest BCUT2D eigenvalue weighted by molar-refractivity contribution is 0.0746. The number of hydrogen-bond donors (Lipinski definition) is 2. The molecule has 0 atom stereocenters. The van der Waals surface area contributed by atoms with E-state index in [-0.39, 0.29) is 16.9 Å². The highest BCUT2D eigenvalue weighted by Gasteiger charge is 2.22. The molecule has 1 aliphatic rings. The number of aryl methyl sites for hydroxylation is 2. The van der Waals surface area contributed by atoms with E-state index in [2.05, 4.69) is 15.5 Å². The minimum Gasteiger partial charge on any atom is -0.368 e. The fraction of sp³-hybridized carbons (Fsp3) is 0.222. The number of carbonyl (C=O) groups excluding carboxylic acids is 2. The van der Waals surface area contributed by atoms with E-state index in [1.165, 1.54) is 0 Å². The summed E-state index contributed by atoms with van der Waals surface area (Å²) >= 11 is 5.30. The summed E-state index contributed by atoms with van der Waals surface area (Å²) in [7, 11) is 0. The lowest BCUT2D eigenvalue weighted by Gasteiger charge is -2.36. The van der Waals surface area contributed by atoms with E-state index in [0.717, 1.165) is 41.2 Å². The van der Waals surface area contributed by atoms with E-state index in [1.807, 2.05) is 85.5 Å². The van der Waals surface area contributed by atoms with Crippen molar-refractivity contribution in [2.45, 2.75) is 13.8 Å². The summed E-state index contributed by atoms with van der Waals surface area (Å²) in [6.07, 6.45) is 0. The third kappa shape index (κ3) is 5.80. The van der Waals surface area contributed by atoms with Crippen LogP contribution in [0.3, 0.4) is 0 Å². The Morgan fingerprint density at radius 2 is 1.47 bits per heavy atom. The molecule has 34 heavy (non-hydrogen) atoms. The van der Waals surface area contributed by atoms with Crippen molar-refractivity contribution in [1.29, 1.82) is 0 Å². The molecule has 0 saturated carbocycles. The molecule has 1 fully saturated rings. The highest BCUT2D eigenvalue weighted by Crippen LogP contribution is 2.20. The number of benzene rings is 3. The largest absolute Gasteiger partial charge is 0.368 e. The molecule has 7 heteroatoms. The summed E-state index contributed by atoms with van der Waals surface area (Å²) in [6, 6.07) is 23.0. The molecule has 0 aromatic heterocycles. The van der Waals surface area contributed by atoms with Crippen LogP contribution >= 0.6 is 12.2 Å². The van der Waals surface area contributed by atoms with Crippen LogP contribution in [0.5, 0.6) is 0 Å². The lowest BCUT2D eigenvalue weighted by atomic mass is 10.1. The van der Waals surface area contributed by atoms with Gasteiger partial charge in [0.25, 0.3) is 11.8 Å². The third-order valence-electron chi connectivity index (χ3n) is 5.86. The number of rotatable bonds is 4. The van der Waals surface area contributed by atoms with Gasteiger partial charge in [-0.3, -0.25) is 14.9 Å². The smallest absolute Gasteiger partial charge is 0.257 e. The fourth-order valence-electron chi connectivity index (χ4n) is 3.93. The van der Waals surface area contributed by atoms with Crippen LogP contribution < -0.4 is 15.5 Å². The van der Waals surface area contributed by atoms with Crippen molar-refractivity contribution >= 4 is 40.5 Å². The molecule has 0 bridgehead atoms. The number of carbonyl (C=O) groups is 2. The third-order valence-corrected chi connectivity index (χ3v) is 6.07. The Bertz CT molecular complexity index is 1180. The zero-order valence-electron chi connectivity index (χ0n) is 19.4. The van der Waals surface area contributed by atoms with Gasteiger partial charge in [0.15, 0.2) is 5.11 Å². The number of anilines is 2. The molecular weight excluding hydrogens is 444 g/mol. The molecule has 4 rings (SSSR count). The molecule has 1 aliphatic heterocycles. The first kappa shape index (κ1) is 23.4. The Hall–Kier alpha value is -3.71. The van der Waals surface area contributed by atoms with Gasteiger partial charge < -0.3 is 15.1 Å². The van der Waals surface area contributed by atoms with E-state index in [0.29, 0.717) is 18.7 Å². The predicted octanol–water partition coefficient (Wildman–Crippen LogP) is 4.39. The van der Waals surface area contributed by atoms with Crippen molar-refractivity contribution in [1.82, 2.24) is 10.2 Å². The highest BCUT2D eigenvalue weighted by atomic mass is 32.1. The molecule has 0 aliphatic carbocycles. The first-order chi connectivity index (χ1) is 16.4. The predicted molar refractivity (Wildman–Crippen MR) is 141 cm³/mol. The number of thiocarbonyl (C=S) groups is 1. The molecule has 6 nitrogen and oxygen atoms in total. The topological polar surface area (TPSA) is 64.7 Å². The van der Waals surface area contributed by atoms with Crippen molar-refractivity contribution in [2.75, 3.05) is 36.4 Å². The molecular formula is C27H28N4O2S.